The van der Waals surface area contributed by atoms with Crippen molar-refractivity contribution in [2.75, 3.05) is 13.1 Å². The lowest BCUT2D eigenvalue weighted by Crippen LogP contribution is -2.30. The molecule has 1 unspecified atom stereocenters. The van der Waals surface area contributed by atoms with E-state index in [0.29, 0.717) is 19.4 Å². The lowest BCUT2D eigenvalue weighted by Gasteiger charge is -2.18. The number of imidazole rings is 1. The summed E-state index contributed by atoms with van der Waals surface area (Å²) in [5, 5.41) is 3.11. The smallest absolute Gasteiger partial charge is 0.131 e. The maximum atomic E-state index is 14.6. The van der Waals surface area contributed by atoms with Crippen LogP contribution in [0.25, 0.3) is 11.0 Å². The number of nitrogens with one attached hydrogen (secondary N) is 1. The van der Waals surface area contributed by atoms with E-state index in [4.69, 9.17) is 0 Å². The van der Waals surface area contributed by atoms with Crippen LogP contribution >= 0.6 is 0 Å². The van der Waals surface area contributed by atoms with Gasteiger partial charge in [-0.05, 0) is 31.5 Å². The second-order valence-corrected chi connectivity index (χ2v) is 5.42. The van der Waals surface area contributed by atoms with Crippen molar-refractivity contribution >= 4 is 11.0 Å². The Morgan fingerprint density at radius 3 is 3.00 bits per heavy atom. The molecule has 2 aromatic rings. The van der Waals surface area contributed by atoms with E-state index >= 15 is 0 Å². The van der Waals surface area contributed by atoms with Crippen LogP contribution in [0.3, 0.4) is 0 Å². The van der Waals surface area contributed by atoms with Crippen molar-refractivity contribution in [2.24, 2.45) is 0 Å². The van der Waals surface area contributed by atoms with Crippen molar-refractivity contribution in [2.45, 2.75) is 38.4 Å². The molecule has 1 fully saturated rings. The molecule has 1 atom stereocenters. The van der Waals surface area contributed by atoms with E-state index in [1.165, 1.54) is 0 Å². The van der Waals surface area contributed by atoms with Gasteiger partial charge in [-0.15, -0.1) is 0 Å². The quantitative estimate of drug-likeness (QED) is 0.917. The van der Waals surface area contributed by atoms with Gasteiger partial charge in [0, 0.05) is 19.5 Å². The van der Waals surface area contributed by atoms with Gasteiger partial charge in [-0.2, -0.15) is 0 Å². The molecule has 1 saturated heterocycles. The molecule has 4 heteroatoms. The van der Waals surface area contributed by atoms with Crippen LogP contribution in [-0.4, -0.2) is 28.3 Å². The van der Waals surface area contributed by atoms with Gasteiger partial charge < -0.3 is 9.88 Å². The van der Waals surface area contributed by atoms with Gasteiger partial charge in [0.25, 0.3) is 0 Å². The Bertz CT molecular complexity index is 570. The summed E-state index contributed by atoms with van der Waals surface area (Å²) in [6, 6.07) is 8.07. The molecule has 1 N–H and O–H groups in total. The van der Waals surface area contributed by atoms with E-state index in [0.717, 1.165) is 36.4 Å². The van der Waals surface area contributed by atoms with Gasteiger partial charge >= 0.3 is 0 Å². The molecule has 3 rings (SSSR count). The zero-order valence-electron chi connectivity index (χ0n) is 11.3. The molecule has 3 nitrogen and oxygen atoms in total. The molecule has 0 saturated carbocycles. The minimum Gasteiger partial charge on any atom is -0.328 e. The average molecular weight is 261 g/mol. The standard InChI is InChI=1S/C15H20FN3/c1-2-9-19-13-6-4-3-5-12(13)18-14(19)10-15(16)7-8-17-11-15/h3-6,17H,2,7-11H2,1H3. The summed E-state index contributed by atoms with van der Waals surface area (Å²) in [6.45, 7) is 4.26. The molecular weight excluding hydrogens is 241 g/mol. The molecule has 0 aliphatic carbocycles. The summed E-state index contributed by atoms with van der Waals surface area (Å²) >= 11 is 0. The molecule has 2 heterocycles. The molecule has 1 aromatic carbocycles. The van der Waals surface area contributed by atoms with Crippen LogP contribution in [0.4, 0.5) is 4.39 Å². The molecule has 0 spiro atoms. The van der Waals surface area contributed by atoms with Crippen molar-refractivity contribution < 1.29 is 4.39 Å². The number of benzene rings is 1. The predicted molar refractivity (Wildman–Crippen MR) is 75.1 cm³/mol. The summed E-state index contributed by atoms with van der Waals surface area (Å²) in [7, 11) is 0. The summed E-state index contributed by atoms with van der Waals surface area (Å²) in [6.07, 6.45) is 2.03. The highest BCUT2D eigenvalue weighted by Crippen LogP contribution is 2.27. The average Bonchev–Trinajstić information content (AvgIpc) is 2.96. The number of hydrogen-bond donors (Lipinski definition) is 1. The van der Waals surface area contributed by atoms with Gasteiger partial charge in [0.15, 0.2) is 0 Å². The number of halogens is 1. The van der Waals surface area contributed by atoms with Gasteiger partial charge in [-0.3, -0.25) is 0 Å². The minimum atomic E-state index is -1.13. The molecule has 0 amide bonds. The Labute approximate surface area is 112 Å². The van der Waals surface area contributed by atoms with Crippen LogP contribution in [0.2, 0.25) is 0 Å². The van der Waals surface area contributed by atoms with Crippen molar-refractivity contribution in [3.8, 4) is 0 Å². The Kier molecular flexibility index (Phi) is 3.27. The molecular formula is C15H20FN3. The van der Waals surface area contributed by atoms with Gasteiger partial charge in [0.2, 0.25) is 0 Å². The van der Waals surface area contributed by atoms with Crippen molar-refractivity contribution in [1.82, 2.24) is 14.9 Å². The van der Waals surface area contributed by atoms with Crippen LogP contribution in [-0.2, 0) is 13.0 Å². The van der Waals surface area contributed by atoms with Gasteiger partial charge in [-0.25, -0.2) is 9.37 Å². The van der Waals surface area contributed by atoms with Gasteiger partial charge in [-0.1, -0.05) is 19.1 Å². The lowest BCUT2D eigenvalue weighted by atomic mass is 10.0. The first-order valence-corrected chi connectivity index (χ1v) is 7.06. The van der Waals surface area contributed by atoms with Gasteiger partial charge in [0.1, 0.15) is 11.5 Å². The van der Waals surface area contributed by atoms with Crippen LogP contribution in [0.15, 0.2) is 24.3 Å². The van der Waals surface area contributed by atoms with Crippen molar-refractivity contribution in [1.29, 1.82) is 0 Å². The van der Waals surface area contributed by atoms with E-state index in [-0.39, 0.29) is 0 Å². The number of hydrogen-bond acceptors (Lipinski definition) is 2. The number of nitrogens with zero attached hydrogens (tertiary/aromatic N) is 2. The SMILES string of the molecule is CCCn1c(CC2(F)CCNC2)nc2ccccc21. The molecule has 1 aliphatic rings. The molecule has 19 heavy (non-hydrogen) atoms. The van der Waals surface area contributed by atoms with Crippen LogP contribution < -0.4 is 5.32 Å². The highest BCUT2D eigenvalue weighted by molar-refractivity contribution is 5.75. The second-order valence-electron chi connectivity index (χ2n) is 5.42. The third-order valence-electron chi connectivity index (χ3n) is 3.85. The van der Waals surface area contributed by atoms with Gasteiger partial charge in [0.05, 0.1) is 11.0 Å². The monoisotopic (exact) mass is 261 g/mol. The third kappa shape index (κ3) is 2.37. The van der Waals surface area contributed by atoms with Crippen LogP contribution in [0, 0.1) is 0 Å². The number of aromatic nitrogens is 2. The number of fused-ring (bicyclic) bond motifs is 1. The fourth-order valence-corrected chi connectivity index (χ4v) is 2.88. The summed E-state index contributed by atoms with van der Waals surface area (Å²) in [5.41, 5.74) is 0.960. The van der Waals surface area contributed by atoms with E-state index in [1.54, 1.807) is 0 Å². The number of para-hydroxylation sites is 2. The maximum absolute atomic E-state index is 14.6. The Balaban J connectivity index is 1.99. The second kappa shape index (κ2) is 4.93. The summed E-state index contributed by atoms with van der Waals surface area (Å²) < 4.78 is 16.8. The largest absolute Gasteiger partial charge is 0.328 e. The van der Waals surface area contributed by atoms with E-state index < -0.39 is 5.67 Å². The molecule has 0 radical (unpaired) electrons. The number of rotatable bonds is 4. The Hall–Kier alpha value is -1.42. The highest BCUT2D eigenvalue weighted by Gasteiger charge is 2.35. The Morgan fingerprint density at radius 2 is 2.26 bits per heavy atom. The van der Waals surface area contributed by atoms with Crippen LogP contribution in [0.5, 0.6) is 0 Å². The predicted octanol–water partition coefficient (Wildman–Crippen LogP) is 2.69. The molecule has 102 valence electrons. The molecule has 1 aliphatic heterocycles. The van der Waals surface area contributed by atoms with Crippen LogP contribution in [0.1, 0.15) is 25.6 Å². The molecule has 0 bridgehead atoms. The maximum Gasteiger partial charge on any atom is 0.131 e. The Morgan fingerprint density at radius 1 is 1.42 bits per heavy atom. The van der Waals surface area contributed by atoms with E-state index in [1.807, 2.05) is 18.2 Å². The first-order valence-electron chi connectivity index (χ1n) is 7.06. The first-order chi connectivity index (χ1) is 9.22. The van der Waals surface area contributed by atoms with Crippen molar-refractivity contribution in [3.63, 3.8) is 0 Å². The third-order valence-corrected chi connectivity index (χ3v) is 3.85. The fourth-order valence-electron chi connectivity index (χ4n) is 2.88. The highest BCUT2D eigenvalue weighted by atomic mass is 19.1. The normalized spacial score (nSPS) is 23.3. The minimum absolute atomic E-state index is 0.411. The summed E-state index contributed by atoms with van der Waals surface area (Å²) in [5.74, 6) is 0.884. The lowest BCUT2D eigenvalue weighted by molar-refractivity contribution is 0.185. The zero-order chi connectivity index (χ0) is 13.3. The number of aryl methyl sites for hydroxylation is 1. The topological polar surface area (TPSA) is 29.9 Å². The fraction of sp³-hybridized carbons (Fsp3) is 0.533. The molecule has 1 aromatic heterocycles. The zero-order valence-corrected chi connectivity index (χ0v) is 11.3. The number of alkyl halides is 1. The summed E-state index contributed by atoms with van der Waals surface area (Å²) in [4.78, 5) is 4.64. The first kappa shape index (κ1) is 12.6. The van der Waals surface area contributed by atoms with E-state index in [2.05, 4.69) is 27.9 Å². The van der Waals surface area contributed by atoms with Crippen molar-refractivity contribution in [3.05, 3.63) is 30.1 Å². The van der Waals surface area contributed by atoms with E-state index in [9.17, 15) is 4.39 Å².